The zero-order valence-electron chi connectivity index (χ0n) is 11.3. The highest BCUT2D eigenvalue weighted by atomic mass is 16.5. The van der Waals surface area contributed by atoms with E-state index >= 15 is 0 Å². The molecule has 2 N–H and O–H groups in total. The second-order valence-electron chi connectivity index (χ2n) is 3.94. The molecule has 0 heterocycles. The molecule has 0 aromatic heterocycles. The Kier molecular flexibility index (Phi) is 6.65. The number of nitrogens with one attached hydrogen (secondary N) is 1. The predicted octanol–water partition coefficient (Wildman–Crippen LogP) is 1.11. The molecular formula is C15H19NO3. The van der Waals surface area contributed by atoms with Crippen molar-refractivity contribution in [2.24, 2.45) is 0 Å². The standard InChI is InChI=1S/C15H19NO3/c1-3-19-10-8-16-15(18)14-7-6-13(5-4-9-17)12(2)11-14/h6-7,11,17H,3,8-10H2,1-2H3,(H,16,18). The fourth-order valence-corrected chi connectivity index (χ4v) is 1.56. The summed E-state index contributed by atoms with van der Waals surface area (Å²) in [6.45, 7) is 5.29. The van der Waals surface area contributed by atoms with Crippen LogP contribution in [0.3, 0.4) is 0 Å². The van der Waals surface area contributed by atoms with Crippen LogP contribution in [-0.4, -0.2) is 37.4 Å². The van der Waals surface area contributed by atoms with Gasteiger partial charge in [0.1, 0.15) is 6.61 Å². The lowest BCUT2D eigenvalue weighted by Crippen LogP contribution is -2.27. The largest absolute Gasteiger partial charge is 0.384 e. The summed E-state index contributed by atoms with van der Waals surface area (Å²) in [6.07, 6.45) is 0. The van der Waals surface area contributed by atoms with Crippen molar-refractivity contribution in [3.8, 4) is 11.8 Å². The van der Waals surface area contributed by atoms with Gasteiger partial charge >= 0.3 is 0 Å². The van der Waals surface area contributed by atoms with E-state index in [2.05, 4.69) is 17.2 Å². The molecule has 0 saturated heterocycles. The maximum Gasteiger partial charge on any atom is 0.251 e. The van der Waals surface area contributed by atoms with Gasteiger partial charge in [-0.05, 0) is 37.6 Å². The van der Waals surface area contributed by atoms with Crippen LogP contribution in [0.1, 0.15) is 28.4 Å². The summed E-state index contributed by atoms with van der Waals surface area (Å²) >= 11 is 0. The van der Waals surface area contributed by atoms with Gasteiger partial charge in [-0.25, -0.2) is 0 Å². The molecule has 0 aliphatic carbocycles. The van der Waals surface area contributed by atoms with E-state index in [0.29, 0.717) is 25.3 Å². The van der Waals surface area contributed by atoms with Gasteiger partial charge < -0.3 is 15.2 Å². The summed E-state index contributed by atoms with van der Waals surface area (Å²) < 4.78 is 5.15. The number of carbonyl (C=O) groups is 1. The van der Waals surface area contributed by atoms with Crippen LogP contribution in [0.2, 0.25) is 0 Å². The van der Waals surface area contributed by atoms with Crippen molar-refractivity contribution < 1.29 is 14.6 Å². The van der Waals surface area contributed by atoms with Crippen molar-refractivity contribution in [1.82, 2.24) is 5.32 Å². The summed E-state index contributed by atoms with van der Waals surface area (Å²) in [6, 6.07) is 5.30. The first kappa shape index (κ1) is 15.2. The Morgan fingerprint density at radius 2 is 2.26 bits per heavy atom. The molecule has 4 heteroatoms. The second-order valence-corrected chi connectivity index (χ2v) is 3.94. The topological polar surface area (TPSA) is 58.6 Å². The van der Waals surface area contributed by atoms with Gasteiger partial charge in [-0.1, -0.05) is 11.8 Å². The van der Waals surface area contributed by atoms with Gasteiger partial charge in [-0.15, -0.1) is 0 Å². The SMILES string of the molecule is CCOCCNC(=O)c1ccc(C#CCO)c(C)c1. The third-order valence-corrected chi connectivity index (χ3v) is 2.53. The van der Waals surface area contributed by atoms with Crippen LogP contribution < -0.4 is 5.32 Å². The van der Waals surface area contributed by atoms with Gasteiger partial charge in [0, 0.05) is 24.3 Å². The number of aryl methyl sites for hydroxylation is 1. The van der Waals surface area contributed by atoms with Crippen molar-refractivity contribution in [2.75, 3.05) is 26.4 Å². The molecule has 0 spiro atoms. The third-order valence-electron chi connectivity index (χ3n) is 2.53. The van der Waals surface area contributed by atoms with E-state index in [4.69, 9.17) is 9.84 Å². The van der Waals surface area contributed by atoms with Crippen molar-refractivity contribution in [3.05, 3.63) is 34.9 Å². The first-order chi connectivity index (χ1) is 9.19. The van der Waals surface area contributed by atoms with Crippen LogP contribution in [0.15, 0.2) is 18.2 Å². The molecule has 4 nitrogen and oxygen atoms in total. The zero-order chi connectivity index (χ0) is 14.1. The predicted molar refractivity (Wildman–Crippen MR) is 74.0 cm³/mol. The molecule has 0 bridgehead atoms. The maximum absolute atomic E-state index is 11.8. The van der Waals surface area contributed by atoms with E-state index in [-0.39, 0.29) is 12.5 Å². The third kappa shape index (κ3) is 5.12. The normalized spacial score (nSPS) is 9.63. The summed E-state index contributed by atoms with van der Waals surface area (Å²) in [4.78, 5) is 11.8. The molecule has 0 unspecified atom stereocenters. The monoisotopic (exact) mass is 261 g/mol. The molecule has 0 fully saturated rings. The number of ether oxygens (including phenoxy) is 1. The average molecular weight is 261 g/mol. The van der Waals surface area contributed by atoms with Gasteiger partial charge in [0.15, 0.2) is 0 Å². The van der Waals surface area contributed by atoms with E-state index in [0.717, 1.165) is 11.1 Å². The molecule has 1 aromatic rings. The Morgan fingerprint density at radius 3 is 2.89 bits per heavy atom. The van der Waals surface area contributed by atoms with Gasteiger partial charge in [0.25, 0.3) is 5.91 Å². The quantitative estimate of drug-likeness (QED) is 0.616. The minimum atomic E-state index is -0.168. The maximum atomic E-state index is 11.8. The first-order valence-corrected chi connectivity index (χ1v) is 6.25. The molecule has 0 atom stereocenters. The summed E-state index contributed by atoms with van der Waals surface area (Å²) in [5, 5.41) is 11.4. The number of rotatable bonds is 5. The molecule has 102 valence electrons. The summed E-state index contributed by atoms with van der Waals surface area (Å²) in [5.41, 5.74) is 2.34. The molecule has 0 saturated carbocycles. The number of hydrogen-bond acceptors (Lipinski definition) is 3. The molecule has 0 aliphatic rings. The Balaban J connectivity index is 2.64. The van der Waals surface area contributed by atoms with E-state index in [1.165, 1.54) is 0 Å². The molecule has 0 radical (unpaired) electrons. The van der Waals surface area contributed by atoms with Gasteiger partial charge in [-0.2, -0.15) is 0 Å². The zero-order valence-corrected chi connectivity index (χ0v) is 11.3. The van der Waals surface area contributed by atoms with Crippen LogP contribution in [0.5, 0.6) is 0 Å². The number of benzene rings is 1. The molecule has 19 heavy (non-hydrogen) atoms. The smallest absolute Gasteiger partial charge is 0.251 e. The van der Waals surface area contributed by atoms with Crippen LogP contribution >= 0.6 is 0 Å². The fourth-order valence-electron chi connectivity index (χ4n) is 1.56. The lowest BCUT2D eigenvalue weighted by atomic mass is 10.0. The van der Waals surface area contributed by atoms with Crippen molar-refractivity contribution in [1.29, 1.82) is 0 Å². The summed E-state index contributed by atoms with van der Waals surface area (Å²) in [5.74, 6) is 5.31. The number of aliphatic hydroxyl groups is 1. The van der Waals surface area contributed by atoms with Crippen molar-refractivity contribution in [3.63, 3.8) is 0 Å². The van der Waals surface area contributed by atoms with E-state index in [9.17, 15) is 4.79 Å². The van der Waals surface area contributed by atoms with Gasteiger partial charge in [-0.3, -0.25) is 4.79 Å². The minimum Gasteiger partial charge on any atom is -0.384 e. The Morgan fingerprint density at radius 1 is 1.47 bits per heavy atom. The van der Waals surface area contributed by atoms with Crippen molar-refractivity contribution in [2.45, 2.75) is 13.8 Å². The van der Waals surface area contributed by atoms with Crippen LogP contribution in [0.25, 0.3) is 0 Å². The molecular weight excluding hydrogens is 242 g/mol. The van der Waals surface area contributed by atoms with E-state index in [1.807, 2.05) is 13.8 Å². The number of carbonyl (C=O) groups excluding carboxylic acids is 1. The highest BCUT2D eigenvalue weighted by Gasteiger charge is 2.06. The lowest BCUT2D eigenvalue weighted by molar-refractivity contribution is 0.0922. The van der Waals surface area contributed by atoms with Crippen molar-refractivity contribution >= 4 is 5.91 Å². The first-order valence-electron chi connectivity index (χ1n) is 6.25. The highest BCUT2D eigenvalue weighted by molar-refractivity contribution is 5.94. The Labute approximate surface area is 113 Å². The molecule has 1 rings (SSSR count). The molecule has 1 aromatic carbocycles. The number of amides is 1. The van der Waals surface area contributed by atoms with Gasteiger partial charge in [0.05, 0.1) is 6.61 Å². The second kappa shape index (κ2) is 8.30. The van der Waals surface area contributed by atoms with Crippen LogP contribution in [0.4, 0.5) is 0 Å². The van der Waals surface area contributed by atoms with E-state index < -0.39 is 0 Å². The lowest BCUT2D eigenvalue weighted by Gasteiger charge is -2.07. The van der Waals surface area contributed by atoms with Crippen LogP contribution in [-0.2, 0) is 4.74 Å². The Bertz CT molecular complexity index is 486. The summed E-state index contributed by atoms with van der Waals surface area (Å²) in [7, 11) is 0. The molecule has 1 amide bonds. The minimum absolute atomic E-state index is 0.121. The highest BCUT2D eigenvalue weighted by Crippen LogP contribution is 2.10. The molecule has 0 aliphatic heterocycles. The Hall–Kier alpha value is -1.83. The average Bonchev–Trinajstić information content (AvgIpc) is 2.42. The van der Waals surface area contributed by atoms with E-state index in [1.54, 1.807) is 18.2 Å². The fraction of sp³-hybridized carbons (Fsp3) is 0.400. The van der Waals surface area contributed by atoms with Crippen LogP contribution in [0, 0.1) is 18.8 Å². The van der Waals surface area contributed by atoms with Gasteiger partial charge in [0.2, 0.25) is 0 Å². The number of hydrogen-bond donors (Lipinski definition) is 2. The number of aliphatic hydroxyl groups excluding tert-OH is 1.